The Morgan fingerprint density at radius 1 is 1.60 bits per heavy atom. The molecule has 2 heterocycles. The molecule has 0 fully saturated rings. The fourth-order valence-corrected chi connectivity index (χ4v) is 1.36. The second kappa shape index (κ2) is 3.23. The zero-order valence-corrected chi connectivity index (χ0v) is 7.87. The van der Waals surface area contributed by atoms with Gasteiger partial charge in [-0.25, -0.2) is 9.18 Å². The predicted octanol–water partition coefficient (Wildman–Crippen LogP) is 1.07. The molecule has 15 heavy (non-hydrogen) atoms. The van der Waals surface area contributed by atoms with E-state index in [-0.39, 0.29) is 16.9 Å². The van der Waals surface area contributed by atoms with E-state index in [4.69, 9.17) is 5.73 Å². The van der Waals surface area contributed by atoms with Gasteiger partial charge in [0, 0.05) is 11.6 Å². The molecule has 6 heteroatoms. The van der Waals surface area contributed by atoms with Crippen molar-refractivity contribution in [2.45, 2.75) is 0 Å². The first-order chi connectivity index (χ1) is 7.15. The van der Waals surface area contributed by atoms with E-state index in [2.05, 4.69) is 14.7 Å². The summed E-state index contributed by atoms with van der Waals surface area (Å²) in [4.78, 5) is 17.5. The standard InChI is InChI=1S/C9H8FN3O2/c1-15-9(14)8-6(11)4-2-12-3-5(10)7(4)13-8/h2-3,13H,11H2,1H3. The van der Waals surface area contributed by atoms with Crippen LogP contribution in [0.15, 0.2) is 12.4 Å². The Hall–Kier alpha value is -2.11. The van der Waals surface area contributed by atoms with E-state index < -0.39 is 11.8 Å². The number of nitrogens with one attached hydrogen (secondary N) is 1. The Bertz CT molecular complexity index is 535. The minimum absolute atomic E-state index is 0.0411. The number of hydrogen-bond donors (Lipinski definition) is 2. The number of nitrogen functional groups attached to an aromatic ring is 1. The van der Waals surface area contributed by atoms with Crippen molar-refractivity contribution in [3.05, 3.63) is 23.9 Å². The number of hydrogen-bond acceptors (Lipinski definition) is 4. The third-order valence-electron chi connectivity index (χ3n) is 2.10. The number of anilines is 1. The number of esters is 1. The SMILES string of the molecule is COC(=O)c1[nH]c2c(F)cncc2c1N. The number of H-pyrrole nitrogens is 1. The van der Waals surface area contributed by atoms with Crippen LogP contribution in [0.4, 0.5) is 10.1 Å². The Morgan fingerprint density at radius 2 is 2.33 bits per heavy atom. The van der Waals surface area contributed by atoms with Crippen LogP contribution in [0.5, 0.6) is 0 Å². The van der Waals surface area contributed by atoms with Gasteiger partial charge in [0.15, 0.2) is 5.82 Å². The number of rotatable bonds is 1. The van der Waals surface area contributed by atoms with E-state index in [1.165, 1.54) is 13.3 Å². The van der Waals surface area contributed by atoms with Gasteiger partial charge in [-0.3, -0.25) is 4.98 Å². The van der Waals surface area contributed by atoms with Crippen molar-refractivity contribution < 1.29 is 13.9 Å². The zero-order valence-electron chi connectivity index (χ0n) is 7.87. The van der Waals surface area contributed by atoms with Crippen LogP contribution in [0, 0.1) is 5.82 Å². The van der Waals surface area contributed by atoms with Crippen molar-refractivity contribution >= 4 is 22.6 Å². The van der Waals surface area contributed by atoms with Gasteiger partial charge < -0.3 is 15.5 Å². The third-order valence-corrected chi connectivity index (χ3v) is 2.10. The summed E-state index contributed by atoms with van der Waals surface area (Å²) in [5.41, 5.74) is 5.98. The summed E-state index contributed by atoms with van der Waals surface area (Å²) >= 11 is 0. The normalized spacial score (nSPS) is 10.5. The van der Waals surface area contributed by atoms with Gasteiger partial charge in [-0.05, 0) is 0 Å². The van der Waals surface area contributed by atoms with Crippen molar-refractivity contribution in [1.29, 1.82) is 0 Å². The van der Waals surface area contributed by atoms with E-state index >= 15 is 0 Å². The molecule has 0 amide bonds. The van der Waals surface area contributed by atoms with Crippen LogP contribution in [-0.4, -0.2) is 23.0 Å². The van der Waals surface area contributed by atoms with Crippen LogP contribution in [0.25, 0.3) is 10.9 Å². The average molecular weight is 209 g/mol. The highest BCUT2D eigenvalue weighted by atomic mass is 19.1. The lowest BCUT2D eigenvalue weighted by Gasteiger charge is -1.95. The fraction of sp³-hybridized carbons (Fsp3) is 0.111. The smallest absolute Gasteiger partial charge is 0.356 e. The molecule has 0 aliphatic rings. The van der Waals surface area contributed by atoms with Gasteiger partial charge in [0.1, 0.15) is 5.69 Å². The summed E-state index contributed by atoms with van der Waals surface area (Å²) in [5, 5.41) is 0.371. The van der Waals surface area contributed by atoms with Crippen LogP contribution in [0.2, 0.25) is 0 Å². The molecular formula is C9H8FN3O2. The largest absolute Gasteiger partial charge is 0.464 e. The number of carbonyl (C=O) groups excluding carboxylic acids is 1. The lowest BCUT2D eigenvalue weighted by molar-refractivity contribution is 0.0596. The van der Waals surface area contributed by atoms with Crippen molar-refractivity contribution in [1.82, 2.24) is 9.97 Å². The fourth-order valence-electron chi connectivity index (χ4n) is 1.36. The molecule has 0 aromatic carbocycles. The van der Waals surface area contributed by atoms with Gasteiger partial charge >= 0.3 is 5.97 Å². The van der Waals surface area contributed by atoms with E-state index in [0.717, 1.165) is 6.20 Å². The first kappa shape index (κ1) is 9.45. The number of methoxy groups -OCH3 is 1. The van der Waals surface area contributed by atoms with Crippen molar-refractivity contribution in [3.8, 4) is 0 Å². The van der Waals surface area contributed by atoms with Crippen molar-refractivity contribution in [2.24, 2.45) is 0 Å². The lowest BCUT2D eigenvalue weighted by atomic mass is 10.2. The number of aromatic amines is 1. The molecule has 0 aliphatic carbocycles. The molecule has 2 rings (SSSR count). The highest BCUT2D eigenvalue weighted by Crippen LogP contribution is 2.25. The Kier molecular flexibility index (Phi) is 2.03. The van der Waals surface area contributed by atoms with Crippen LogP contribution in [-0.2, 0) is 4.74 Å². The molecule has 0 saturated carbocycles. The van der Waals surface area contributed by atoms with Crippen molar-refractivity contribution in [2.75, 3.05) is 12.8 Å². The van der Waals surface area contributed by atoms with E-state index in [1.54, 1.807) is 0 Å². The van der Waals surface area contributed by atoms with Gasteiger partial charge in [0.2, 0.25) is 0 Å². The van der Waals surface area contributed by atoms with E-state index in [9.17, 15) is 9.18 Å². The first-order valence-electron chi connectivity index (χ1n) is 4.14. The number of fused-ring (bicyclic) bond motifs is 1. The van der Waals surface area contributed by atoms with Crippen LogP contribution in [0.3, 0.4) is 0 Å². The van der Waals surface area contributed by atoms with Gasteiger partial charge in [-0.1, -0.05) is 0 Å². The maximum atomic E-state index is 13.2. The molecule has 5 nitrogen and oxygen atoms in total. The number of pyridine rings is 1. The Labute approximate surface area is 84.1 Å². The minimum atomic E-state index is -0.636. The molecule has 78 valence electrons. The maximum absolute atomic E-state index is 13.2. The second-order valence-corrected chi connectivity index (χ2v) is 2.95. The summed E-state index contributed by atoms with van der Waals surface area (Å²) in [6.07, 6.45) is 2.43. The van der Waals surface area contributed by atoms with Crippen LogP contribution >= 0.6 is 0 Å². The molecule has 0 atom stereocenters. The number of nitrogens with two attached hydrogens (primary N) is 1. The molecule has 2 aromatic heterocycles. The summed E-state index contributed by atoms with van der Waals surface area (Å²) in [7, 11) is 1.22. The van der Waals surface area contributed by atoms with Crippen LogP contribution < -0.4 is 5.73 Å². The molecule has 0 radical (unpaired) electrons. The lowest BCUT2D eigenvalue weighted by Crippen LogP contribution is -2.04. The molecule has 0 bridgehead atoms. The highest BCUT2D eigenvalue weighted by Gasteiger charge is 2.17. The van der Waals surface area contributed by atoms with Gasteiger partial charge in [-0.15, -0.1) is 0 Å². The summed E-state index contributed by atoms with van der Waals surface area (Å²) in [6, 6.07) is 0. The Morgan fingerprint density at radius 3 is 2.93 bits per heavy atom. The van der Waals surface area contributed by atoms with E-state index in [0.29, 0.717) is 5.39 Å². The summed E-state index contributed by atoms with van der Waals surface area (Å²) < 4.78 is 17.7. The quantitative estimate of drug-likeness (QED) is 0.688. The number of carbonyl (C=O) groups is 1. The average Bonchev–Trinajstić information content (AvgIpc) is 2.57. The number of nitrogens with zero attached hydrogens (tertiary/aromatic N) is 1. The molecule has 2 aromatic rings. The third kappa shape index (κ3) is 1.30. The Balaban J connectivity index is 2.75. The predicted molar refractivity (Wildman–Crippen MR) is 51.8 cm³/mol. The molecule has 0 aliphatic heterocycles. The first-order valence-corrected chi connectivity index (χ1v) is 4.14. The van der Waals surface area contributed by atoms with E-state index in [1.807, 2.05) is 0 Å². The molecule has 0 spiro atoms. The molecule has 3 N–H and O–H groups in total. The summed E-state index contributed by atoms with van der Waals surface area (Å²) in [6.45, 7) is 0. The zero-order chi connectivity index (χ0) is 11.0. The number of aromatic nitrogens is 2. The van der Waals surface area contributed by atoms with Gasteiger partial charge in [0.05, 0.1) is 24.5 Å². The van der Waals surface area contributed by atoms with Crippen molar-refractivity contribution in [3.63, 3.8) is 0 Å². The molecule has 0 unspecified atom stereocenters. The molecule has 0 saturated heterocycles. The summed E-state index contributed by atoms with van der Waals surface area (Å²) in [5.74, 6) is -1.20. The number of ether oxygens (including phenoxy) is 1. The van der Waals surface area contributed by atoms with Gasteiger partial charge in [0.25, 0.3) is 0 Å². The number of halogens is 1. The monoisotopic (exact) mass is 209 g/mol. The minimum Gasteiger partial charge on any atom is -0.464 e. The molecular weight excluding hydrogens is 201 g/mol. The topological polar surface area (TPSA) is 81.0 Å². The van der Waals surface area contributed by atoms with Crippen LogP contribution in [0.1, 0.15) is 10.5 Å². The van der Waals surface area contributed by atoms with Gasteiger partial charge in [-0.2, -0.15) is 0 Å². The second-order valence-electron chi connectivity index (χ2n) is 2.95. The highest BCUT2D eigenvalue weighted by molar-refractivity contribution is 6.05. The maximum Gasteiger partial charge on any atom is 0.356 e.